The Hall–Kier alpha value is -1.63. The van der Waals surface area contributed by atoms with Crippen LogP contribution < -0.4 is 10.6 Å². The molecule has 0 aliphatic carbocycles. The molecule has 0 aromatic rings. The third-order valence-corrected chi connectivity index (χ3v) is 3.80. The second-order valence-corrected chi connectivity index (χ2v) is 4.83. The van der Waals surface area contributed by atoms with Gasteiger partial charge in [0.15, 0.2) is 0 Å². The van der Waals surface area contributed by atoms with Crippen LogP contribution in [-0.4, -0.2) is 47.2 Å². The number of urea groups is 1. The lowest BCUT2D eigenvalue weighted by Gasteiger charge is -2.46. The predicted molar refractivity (Wildman–Crippen MR) is 61.5 cm³/mol. The number of piperidine rings is 1. The van der Waals surface area contributed by atoms with Crippen molar-refractivity contribution in [3.05, 3.63) is 0 Å². The first-order chi connectivity index (χ1) is 8.45. The van der Waals surface area contributed by atoms with Crippen LogP contribution in [0.3, 0.4) is 0 Å². The third-order valence-electron chi connectivity index (χ3n) is 3.80. The second-order valence-electron chi connectivity index (χ2n) is 4.83. The van der Waals surface area contributed by atoms with Gasteiger partial charge >= 0.3 is 12.0 Å². The van der Waals surface area contributed by atoms with Crippen LogP contribution in [-0.2, 0) is 9.59 Å². The normalized spacial score (nSPS) is 36.0. The van der Waals surface area contributed by atoms with Crippen LogP contribution in [0.1, 0.15) is 19.8 Å². The van der Waals surface area contributed by atoms with E-state index in [0.717, 1.165) is 6.42 Å². The van der Waals surface area contributed by atoms with E-state index in [1.807, 2.05) is 6.92 Å². The van der Waals surface area contributed by atoms with Gasteiger partial charge in [0.25, 0.3) is 0 Å². The number of fused-ring (bicyclic) bond motifs is 1. The molecule has 2 aliphatic rings. The summed E-state index contributed by atoms with van der Waals surface area (Å²) in [7, 11) is 1.56. The highest BCUT2D eigenvalue weighted by Crippen LogP contribution is 2.31. The monoisotopic (exact) mass is 255 g/mol. The van der Waals surface area contributed by atoms with E-state index in [4.69, 9.17) is 0 Å². The number of carboxylic acid groups (broad SMARTS) is 1. The number of rotatable bonds is 2. The fraction of sp³-hybridized carbons (Fsp3) is 0.727. The van der Waals surface area contributed by atoms with Crippen molar-refractivity contribution < 1.29 is 19.5 Å². The number of hydrogen-bond acceptors (Lipinski definition) is 4. The lowest BCUT2D eigenvalue weighted by molar-refractivity contribution is -0.153. The van der Waals surface area contributed by atoms with Gasteiger partial charge in [-0.2, -0.15) is 0 Å². The standard InChI is InChI=1S/C11H17N3O4/c1-3-5-4-6(10(16)17)7-8(12-5)14(2)11(18)13-9(7)15/h5-8,12H,3-4H2,1-2H3,(H,16,17)(H,13,15,18). The summed E-state index contributed by atoms with van der Waals surface area (Å²) in [6.07, 6.45) is 0.630. The highest BCUT2D eigenvalue weighted by Gasteiger charge is 2.50. The number of carboxylic acids is 1. The smallest absolute Gasteiger partial charge is 0.325 e. The quantitative estimate of drug-likeness (QED) is 0.622. The summed E-state index contributed by atoms with van der Waals surface area (Å²) in [4.78, 5) is 36.0. The van der Waals surface area contributed by atoms with E-state index in [0.29, 0.717) is 6.42 Å². The fourth-order valence-electron chi connectivity index (χ4n) is 2.71. The van der Waals surface area contributed by atoms with Gasteiger partial charge in [-0.15, -0.1) is 0 Å². The largest absolute Gasteiger partial charge is 0.481 e. The van der Waals surface area contributed by atoms with Crippen molar-refractivity contribution in [1.82, 2.24) is 15.5 Å². The van der Waals surface area contributed by atoms with E-state index in [1.165, 1.54) is 4.90 Å². The molecule has 2 fully saturated rings. The summed E-state index contributed by atoms with van der Waals surface area (Å²) >= 11 is 0. The van der Waals surface area contributed by atoms with Crippen LogP contribution in [0.2, 0.25) is 0 Å². The van der Waals surface area contributed by atoms with Crippen LogP contribution in [0.25, 0.3) is 0 Å². The maximum Gasteiger partial charge on any atom is 0.325 e. The maximum absolute atomic E-state index is 11.8. The van der Waals surface area contributed by atoms with E-state index in [2.05, 4.69) is 10.6 Å². The molecule has 0 radical (unpaired) electrons. The molecule has 0 aromatic carbocycles. The van der Waals surface area contributed by atoms with Crippen molar-refractivity contribution in [2.45, 2.75) is 32.0 Å². The Bertz CT molecular complexity index is 398. The number of amides is 3. The molecule has 3 N–H and O–H groups in total. The highest BCUT2D eigenvalue weighted by molar-refractivity contribution is 6.00. The summed E-state index contributed by atoms with van der Waals surface area (Å²) in [5.41, 5.74) is 0. The molecular weight excluding hydrogens is 238 g/mol. The summed E-state index contributed by atoms with van der Waals surface area (Å²) < 4.78 is 0. The Morgan fingerprint density at radius 1 is 1.50 bits per heavy atom. The van der Waals surface area contributed by atoms with Gasteiger partial charge < -0.3 is 10.0 Å². The van der Waals surface area contributed by atoms with Gasteiger partial charge in [0.1, 0.15) is 0 Å². The minimum Gasteiger partial charge on any atom is -0.481 e. The number of imide groups is 1. The molecule has 18 heavy (non-hydrogen) atoms. The summed E-state index contributed by atoms with van der Waals surface area (Å²) in [5, 5.41) is 14.6. The van der Waals surface area contributed by atoms with Crippen molar-refractivity contribution in [3.8, 4) is 0 Å². The van der Waals surface area contributed by atoms with Crippen molar-refractivity contribution in [2.75, 3.05) is 7.05 Å². The fourth-order valence-corrected chi connectivity index (χ4v) is 2.71. The molecule has 4 unspecified atom stereocenters. The number of aliphatic carboxylic acids is 1. The molecule has 2 rings (SSSR count). The van der Waals surface area contributed by atoms with E-state index in [1.54, 1.807) is 7.05 Å². The first-order valence-electron chi connectivity index (χ1n) is 6.02. The third kappa shape index (κ3) is 1.94. The molecule has 2 aliphatic heterocycles. The number of hydrogen-bond donors (Lipinski definition) is 3. The molecule has 2 saturated heterocycles. The van der Waals surface area contributed by atoms with Crippen LogP contribution in [0.5, 0.6) is 0 Å². The van der Waals surface area contributed by atoms with Crippen molar-refractivity contribution in [3.63, 3.8) is 0 Å². The number of carbonyl (C=O) groups excluding carboxylic acids is 2. The average molecular weight is 255 g/mol. The molecular formula is C11H17N3O4. The van der Waals surface area contributed by atoms with Gasteiger partial charge in [-0.25, -0.2) is 4.79 Å². The first kappa shape index (κ1) is 12.8. The Labute approximate surface area is 105 Å². The SMILES string of the molecule is CCC1CC(C(=O)O)C2C(=O)NC(=O)N(C)C2N1. The molecule has 0 spiro atoms. The topological polar surface area (TPSA) is 98.7 Å². The molecule has 0 aromatic heterocycles. The number of carbonyl (C=O) groups is 3. The average Bonchev–Trinajstić information content (AvgIpc) is 2.34. The summed E-state index contributed by atoms with van der Waals surface area (Å²) in [6, 6.07) is -0.483. The summed E-state index contributed by atoms with van der Waals surface area (Å²) in [6.45, 7) is 1.95. The zero-order chi connectivity index (χ0) is 13.4. The van der Waals surface area contributed by atoms with E-state index >= 15 is 0 Å². The molecule has 7 nitrogen and oxygen atoms in total. The Morgan fingerprint density at radius 2 is 2.17 bits per heavy atom. The number of nitrogens with one attached hydrogen (secondary N) is 2. The zero-order valence-corrected chi connectivity index (χ0v) is 10.3. The molecule has 3 amide bonds. The van der Waals surface area contributed by atoms with Gasteiger partial charge in [-0.3, -0.25) is 20.2 Å². The van der Waals surface area contributed by atoms with Crippen molar-refractivity contribution in [2.24, 2.45) is 11.8 Å². The molecule has 4 atom stereocenters. The predicted octanol–water partition coefficient (Wildman–Crippen LogP) is -0.417. The number of nitrogens with zero attached hydrogens (tertiary/aromatic N) is 1. The zero-order valence-electron chi connectivity index (χ0n) is 10.3. The lowest BCUT2D eigenvalue weighted by atomic mass is 9.78. The van der Waals surface area contributed by atoms with Crippen molar-refractivity contribution in [1.29, 1.82) is 0 Å². The van der Waals surface area contributed by atoms with Crippen LogP contribution >= 0.6 is 0 Å². The van der Waals surface area contributed by atoms with Crippen LogP contribution in [0.4, 0.5) is 4.79 Å². The van der Waals surface area contributed by atoms with Gasteiger partial charge in [0.2, 0.25) is 5.91 Å². The molecule has 7 heteroatoms. The van der Waals surface area contributed by atoms with Crippen LogP contribution in [0, 0.1) is 11.8 Å². The van der Waals surface area contributed by atoms with Crippen molar-refractivity contribution >= 4 is 17.9 Å². The van der Waals surface area contributed by atoms with Gasteiger partial charge in [0, 0.05) is 13.1 Å². The molecule has 0 saturated carbocycles. The maximum atomic E-state index is 11.8. The Morgan fingerprint density at radius 3 is 2.72 bits per heavy atom. The second kappa shape index (κ2) is 4.56. The molecule has 100 valence electrons. The van der Waals surface area contributed by atoms with Gasteiger partial charge in [-0.05, 0) is 12.8 Å². The highest BCUT2D eigenvalue weighted by atomic mass is 16.4. The Kier molecular flexibility index (Phi) is 3.25. The molecule has 0 bridgehead atoms. The van der Waals surface area contributed by atoms with E-state index in [9.17, 15) is 19.5 Å². The van der Waals surface area contributed by atoms with E-state index in [-0.39, 0.29) is 6.04 Å². The van der Waals surface area contributed by atoms with E-state index < -0.39 is 35.9 Å². The van der Waals surface area contributed by atoms with Gasteiger partial charge in [-0.1, -0.05) is 6.92 Å². The Balaban J connectivity index is 2.32. The minimum atomic E-state index is -0.983. The van der Waals surface area contributed by atoms with Gasteiger partial charge in [0.05, 0.1) is 18.0 Å². The minimum absolute atomic E-state index is 0.00787. The molecule has 2 heterocycles. The first-order valence-corrected chi connectivity index (χ1v) is 6.02. The van der Waals surface area contributed by atoms with Crippen LogP contribution in [0.15, 0.2) is 0 Å². The lowest BCUT2D eigenvalue weighted by Crippen LogP contribution is -2.69. The summed E-state index contributed by atoms with van der Waals surface area (Å²) in [5.74, 6) is -2.97.